The lowest BCUT2D eigenvalue weighted by Crippen LogP contribution is -2.31. The van der Waals surface area contributed by atoms with E-state index < -0.39 is 0 Å². The molecule has 3 heterocycles. The van der Waals surface area contributed by atoms with Crippen molar-refractivity contribution >= 4 is 23.2 Å². The molecule has 2 aliphatic heterocycles. The van der Waals surface area contributed by atoms with Gasteiger partial charge in [-0.3, -0.25) is 14.6 Å². The van der Waals surface area contributed by atoms with Crippen LogP contribution >= 0.6 is 0 Å². The van der Waals surface area contributed by atoms with Gasteiger partial charge >= 0.3 is 0 Å². The molecule has 1 atom stereocenters. The van der Waals surface area contributed by atoms with Crippen molar-refractivity contribution in [1.29, 1.82) is 0 Å². The zero-order valence-electron chi connectivity index (χ0n) is 15.8. The van der Waals surface area contributed by atoms with E-state index in [1.54, 1.807) is 29.4 Å². The minimum atomic E-state index is -0.0329. The maximum atomic E-state index is 12.8. The molecule has 1 unspecified atom stereocenters. The number of carbonyl (C=O) groups is 2. The molecule has 1 aromatic heterocycles. The van der Waals surface area contributed by atoms with Crippen LogP contribution in [0.2, 0.25) is 0 Å². The molecular formula is C22H24N4O2. The van der Waals surface area contributed by atoms with Crippen LogP contribution in [0.1, 0.15) is 35.2 Å². The Hall–Kier alpha value is -2.73. The first-order valence-corrected chi connectivity index (χ1v) is 10.0. The monoisotopic (exact) mass is 376 g/mol. The van der Waals surface area contributed by atoms with Crippen LogP contribution in [0.15, 0.2) is 42.7 Å². The number of rotatable bonds is 3. The molecule has 2 amide bonds. The van der Waals surface area contributed by atoms with Gasteiger partial charge in [-0.05, 0) is 80.1 Å². The van der Waals surface area contributed by atoms with Gasteiger partial charge in [0.25, 0.3) is 5.91 Å². The summed E-state index contributed by atoms with van der Waals surface area (Å²) in [5, 5.41) is 6.48. The van der Waals surface area contributed by atoms with Crippen molar-refractivity contribution in [3.05, 3.63) is 53.9 Å². The first-order chi connectivity index (χ1) is 13.7. The number of amides is 2. The second-order valence-corrected chi connectivity index (χ2v) is 8.15. The summed E-state index contributed by atoms with van der Waals surface area (Å²) in [4.78, 5) is 31.3. The SMILES string of the molecule is O=C(Nc1ccc2c(c1)CCN2C(=O)c1cccnc1)C1CC12CCNCC2. The molecule has 1 aliphatic carbocycles. The van der Waals surface area contributed by atoms with Gasteiger partial charge in [0, 0.05) is 36.2 Å². The molecule has 28 heavy (non-hydrogen) atoms. The van der Waals surface area contributed by atoms with Crippen molar-refractivity contribution < 1.29 is 9.59 Å². The van der Waals surface area contributed by atoms with E-state index in [-0.39, 0.29) is 23.1 Å². The molecule has 6 nitrogen and oxygen atoms in total. The number of anilines is 2. The molecule has 2 N–H and O–H groups in total. The summed E-state index contributed by atoms with van der Waals surface area (Å²) in [6.07, 6.45) is 7.27. The van der Waals surface area contributed by atoms with Gasteiger partial charge in [0.1, 0.15) is 0 Å². The average molecular weight is 376 g/mol. The van der Waals surface area contributed by atoms with Gasteiger partial charge in [-0.2, -0.15) is 0 Å². The Morgan fingerprint density at radius 1 is 1.21 bits per heavy atom. The van der Waals surface area contributed by atoms with Crippen molar-refractivity contribution in [1.82, 2.24) is 10.3 Å². The van der Waals surface area contributed by atoms with Crippen molar-refractivity contribution in [3.63, 3.8) is 0 Å². The maximum absolute atomic E-state index is 12.8. The van der Waals surface area contributed by atoms with Gasteiger partial charge in [-0.1, -0.05) is 0 Å². The van der Waals surface area contributed by atoms with E-state index in [0.717, 1.165) is 55.7 Å². The lowest BCUT2D eigenvalue weighted by atomic mass is 9.92. The Kier molecular flexibility index (Phi) is 4.16. The zero-order valence-corrected chi connectivity index (χ0v) is 15.8. The highest BCUT2D eigenvalue weighted by molar-refractivity contribution is 6.07. The Morgan fingerprint density at radius 3 is 2.86 bits per heavy atom. The summed E-state index contributed by atoms with van der Waals surface area (Å²) >= 11 is 0. The molecule has 2 aromatic rings. The van der Waals surface area contributed by atoms with E-state index >= 15 is 0 Å². The number of piperidine rings is 1. The van der Waals surface area contributed by atoms with Crippen molar-refractivity contribution in [2.45, 2.75) is 25.7 Å². The third-order valence-electron chi connectivity index (χ3n) is 6.50. The minimum absolute atomic E-state index is 0.0329. The lowest BCUT2D eigenvalue weighted by Gasteiger charge is -2.23. The van der Waals surface area contributed by atoms with Crippen LogP contribution in [0.5, 0.6) is 0 Å². The fourth-order valence-corrected chi connectivity index (χ4v) is 4.76. The summed E-state index contributed by atoms with van der Waals surface area (Å²) in [6.45, 7) is 2.69. The third-order valence-corrected chi connectivity index (χ3v) is 6.50. The predicted molar refractivity (Wildman–Crippen MR) is 107 cm³/mol. The zero-order chi connectivity index (χ0) is 19.1. The molecule has 5 rings (SSSR count). The van der Waals surface area contributed by atoms with Crippen LogP contribution in [0.3, 0.4) is 0 Å². The van der Waals surface area contributed by atoms with Gasteiger partial charge in [0.15, 0.2) is 0 Å². The third kappa shape index (κ3) is 2.98. The number of benzene rings is 1. The van der Waals surface area contributed by atoms with E-state index in [1.807, 2.05) is 18.2 Å². The second-order valence-electron chi connectivity index (χ2n) is 8.15. The smallest absolute Gasteiger partial charge is 0.259 e. The second kappa shape index (κ2) is 6.71. The topological polar surface area (TPSA) is 74.3 Å². The highest BCUT2D eigenvalue weighted by Crippen LogP contribution is 2.58. The number of nitrogens with zero attached hydrogens (tertiary/aromatic N) is 2. The number of hydrogen-bond acceptors (Lipinski definition) is 4. The van der Waals surface area contributed by atoms with Crippen molar-refractivity contribution in [2.75, 3.05) is 29.9 Å². The summed E-state index contributed by atoms with van der Waals surface area (Å²) in [6, 6.07) is 9.42. The van der Waals surface area contributed by atoms with Gasteiger partial charge in [0.05, 0.1) is 5.56 Å². The highest BCUT2D eigenvalue weighted by Gasteiger charge is 2.57. The molecule has 2 fully saturated rings. The number of carbonyl (C=O) groups excluding carboxylic acids is 2. The minimum Gasteiger partial charge on any atom is -0.326 e. The Bertz CT molecular complexity index is 921. The van der Waals surface area contributed by atoms with E-state index in [1.165, 1.54) is 0 Å². The van der Waals surface area contributed by atoms with Crippen LogP contribution in [-0.2, 0) is 11.2 Å². The predicted octanol–water partition coefficient (Wildman–Crippen LogP) is 2.61. The molecule has 1 saturated carbocycles. The fraction of sp³-hybridized carbons (Fsp3) is 0.409. The van der Waals surface area contributed by atoms with Crippen molar-refractivity contribution in [3.8, 4) is 0 Å². The first kappa shape index (κ1) is 17.4. The van der Waals surface area contributed by atoms with E-state index in [9.17, 15) is 9.59 Å². The summed E-state index contributed by atoms with van der Waals surface area (Å²) in [5.41, 5.74) is 3.68. The molecule has 1 aromatic carbocycles. The van der Waals surface area contributed by atoms with E-state index in [4.69, 9.17) is 0 Å². The van der Waals surface area contributed by atoms with Crippen LogP contribution in [0.4, 0.5) is 11.4 Å². The van der Waals surface area contributed by atoms with Crippen LogP contribution in [-0.4, -0.2) is 36.4 Å². The standard InChI is InChI=1S/C22H24N4O2/c27-20(18-13-22(18)6-9-23-10-7-22)25-17-3-4-19-15(12-17)5-11-26(19)21(28)16-2-1-8-24-14-16/h1-4,8,12,14,18,23H,5-7,9-11,13H2,(H,25,27). The molecule has 6 heteroatoms. The number of fused-ring (bicyclic) bond motifs is 1. The fourth-order valence-electron chi connectivity index (χ4n) is 4.76. The number of aromatic nitrogens is 1. The molecule has 0 radical (unpaired) electrons. The number of pyridine rings is 1. The molecule has 144 valence electrons. The Balaban J connectivity index is 1.28. The first-order valence-electron chi connectivity index (χ1n) is 10.0. The van der Waals surface area contributed by atoms with E-state index in [2.05, 4.69) is 15.6 Å². The summed E-state index contributed by atoms with van der Waals surface area (Å²) in [7, 11) is 0. The highest BCUT2D eigenvalue weighted by atomic mass is 16.2. The molecular weight excluding hydrogens is 352 g/mol. The van der Waals surface area contributed by atoms with Crippen molar-refractivity contribution in [2.24, 2.45) is 11.3 Å². The Morgan fingerprint density at radius 2 is 2.07 bits per heavy atom. The quantitative estimate of drug-likeness (QED) is 0.864. The normalized spacial score (nSPS) is 22.0. The van der Waals surface area contributed by atoms with Gasteiger partial charge in [-0.25, -0.2) is 0 Å². The van der Waals surface area contributed by atoms with Gasteiger partial charge in [0.2, 0.25) is 5.91 Å². The molecule has 1 saturated heterocycles. The molecule has 1 spiro atoms. The van der Waals surface area contributed by atoms with Crippen LogP contribution in [0, 0.1) is 11.3 Å². The lowest BCUT2D eigenvalue weighted by molar-refractivity contribution is -0.118. The molecule has 0 bridgehead atoms. The van der Waals surface area contributed by atoms with E-state index in [0.29, 0.717) is 12.1 Å². The van der Waals surface area contributed by atoms with Crippen LogP contribution in [0.25, 0.3) is 0 Å². The summed E-state index contributed by atoms with van der Waals surface area (Å²) in [5.74, 6) is 0.254. The number of hydrogen-bond donors (Lipinski definition) is 2. The van der Waals surface area contributed by atoms with Gasteiger partial charge in [-0.15, -0.1) is 0 Å². The Labute approximate surface area is 164 Å². The number of nitrogens with one attached hydrogen (secondary N) is 2. The van der Waals surface area contributed by atoms with Gasteiger partial charge < -0.3 is 15.5 Å². The molecule has 3 aliphatic rings. The maximum Gasteiger partial charge on any atom is 0.259 e. The summed E-state index contributed by atoms with van der Waals surface area (Å²) < 4.78 is 0. The average Bonchev–Trinajstić information content (AvgIpc) is 3.25. The van der Waals surface area contributed by atoms with Crippen LogP contribution < -0.4 is 15.5 Å². The largest absolute Gasteiger partial charge is 0.326 e.